The van der Waals surface area contributed by atoms with Gasteiger partial charge in [0.05, 0.1) is 18.2 Å². The predicted octanol–water partition coefficient (Wildman–Crippen LogP) is 1.24. The van der Waals surface area contributed by atoms with Crippen molar-refractivity contribution in [2.24, 2.45) is 20.0 Å². The van der Waals surface area contributed by atoms with Gasteiger partial charge < -0.3 is 14.8 Å². The van der Waals surface area contributed by atoms with Crippen LogP contribution < -0.4 is 11.2 Å². The molecule has 0 fully saturated rings. The van der Waals surface area contributed by atoms with E-state index < -0.39 is 35.1 Å². The summed E-state index contributed by atoms with van der Waals surface area (Å²) in [5.41, 5.74) is 1.03. The largest absolute Gasteiger partial charge is 0.481 e. The van der Waals surface area contributed by atoms with Gasteiger partial charge in [-0.25, -0.2) is 9.18 Å². The Morgan fingerprint density at radius 2 is 1.91 bits per heavy atom. The number of halogens is 1. The van der Waals surface area contributed by atoms with Crippen LogP contribution in [0.15, 0.2) is 46.2 Å². The molecule has 0 radical (unpaired) electrons. The maximum absolute atomic E-state index is 14.6. The Morgan fingerprint density at radius 1 is 1.16 bits per heavy atom. The molecule has 2 aromatic heterocycles. The minimum Gasteiger partial charge on any atom is -0.481 e. The van der Waals surface area contributed by atoms with Gasteiger partial charge in [0.25, 0.3) is 5.56 Å². The van der Waals surface area contributed by atoms with Gasteiger partial charge in [0.1, 0.15) is 5.82 Å². The van der Waals surface area contributed by atoms with Crippen LogP contribution in [0.25, 0.3) is 11.1 Å². The molecule has 3 aromatic rings. The number of H-pyrrole nitrogens is 1. The normalized spacial score (nSPS) is 13.1. The van der Waals surface area contributed by atoms with Gasteiger partial charge in [-0.1, -0.05) is 12.1 Å². The number of hydrogen-bond donors (Lipinski definition) is 3. The molecule has 32 heavy (non-hydrogen) atoms. The van der Waals surface area contributed by atoms with E-state index in [-0.39, 0.29) is 25.7 Å². The van der Waals surface area contributed by atoms with Crippen molar-refractivity contribution in [1.29, 1.82) is 0 Å². The SMILES string of the molecule is Cn1cc(-c2ccc(CC[C@@H](O)C(CCc3cc(=O)[nH]c(=O)n3C)C(=O)O)c(F)c2)cn1. The molecular formula is C22H25FN4O5. The number of rotatable bonds is 9. The summed E-state index contributed by atoms with van der Waals surface area (Å²) in [6.45, 7) is 0. The number of aromatic nitrogens is 4. The Hall–Kier alpha value is -3.53. The van der Waals surface area contributed by atoms with Crippen molar-refractivity contribution in [3.05, 3.63) is 74.6 Å². The van der Waals surface area contributed by atoms with E-state index in [9.17, 15) is 29.0 Å². The second-order valence-electron chi connectivity index (χ2n) is 7.79. The van der Waals surface area contributed by atoms with Crippen LogP contribution in [0.3, 0.4) is 0 Å². The van der Waals surface area contributed by atoms with Crippen molar-refractivity contribution < 1.29 is 19.4 Å². The van der Waals surface area contributed by atoms with Crippen molar-refractivity contribution in [3.63, 3.8) is 0 Å². The van der Waals surface area contributed by atoms with Gasteiger partial charge in [-0.15, -0.1) is 0 Å². The first-order valence-corrected chi connectivity index (χ1v) is 10.1. The van der Waals surface area contributed by atoms with Crippen LogP contribution in [-0.2, 0) is 31.7 Å². The zero-order valence-corrected chi connectivity index (χ0v) is 17.8. The Morgan fingerprint density at radius 3 is 2.53 bits per heavy atom. The van der Waals surface area contributed by atoms with Crippen LogP contribution in [0.4, 0.5) is 4.39 Å². The molecule has 1 unspecified atom stereocenters. The third kappa shape index (κ3) is 5.38. The molecule has 0 bridgehead atoms. The van der Waals surface area contributed by atoms with Crippen molar-refractivity contribution in [2.75, 3.05) is 0 Å². The molecule has 10 heteroatoms. The third-order valence-corrected chi connectivity index (χ3v) is 5.56. The van der Waals surface area contributed by atoms with E-state index in [1.165, 1.54) is 23.7 Å². The van der Waals surface area contributed by atoms with Crippen LogP contribution in [0.1, 0.15) is 24.1 Å². The molecule has 0 amide bonds. The van der Waals surface area contributed by atoms with Gasteiger partial charge in [0, 0.05) is 37.6 Å². The van der Waals surface area contributed by atoms with Crippen molar-refractivity contribution in [3.8, 4) is 11.1 Å². The monoisotopic (exact) mass is 444 g/mol. The Bertz CT molecular complexity index is 1230. The fraction of sp³-hybridized carbons (Fsp3) is 0.364. The number of benzene rings is 1. The highest BCUT2D eigenvalue weighted by Gasteiger charge is 2.26. The van der Waals surface area contributed by atoms with Crippen molar-refractivity contribution >= 4 is 5.97 Å². The molecule has 0 saturated carbocycles. The molecule has 2 heterocycles. The Labute approximate surface area is 182 Å². The van der Waals surface area contributed by atoms with Gasteiger partial charge in [-0.05, 0) is 42.9 Å². The zero-order chi connectivity index (χ0) is 23.4. The summed E-state index contributed by atoms with van der Waals surface area (Å²) in [6.07, 6.45) is 2.54. The number of aromatic amines is 1. The van der Waals surface area contributed by atoms with E-state index in [0.29, 0.717) is 16.8 Å². The predicted molar refractivity (Wildman–Crippen MR) is 115 cm³/mol. The summed E-state index contributed by atoms with van der Waals surface area (Å²) in [6, 6.07) is 5.99. The third-order valence-electron chi connectivity index (χ3n) is 5.56. The van der Waals surface area contributed by atoms with Gasteiger partial charge >= 0.3 is 11.7 Å². The highest BCUT2D eigenvalue weighted by molar-refractivity contribution is 5.70. The van der Waals surface area contributed by atoms with Crippen LogP contribution >= 0.6 is 0 Å². The lowest BCUT2D eigenvalue weighted by molar-refractivity contribution is -0.146. The lowest BCUT2D eigenvalue weighted by atomic mass is 9.91. The van der Waals surface area contributed by atoms with E-state index in [1.807, 2.05) is 0 Å². The van der Waals surface area contributed by atoms with Gasteiger partial charge in [-0.3, -0.25) is 19.3 Å². The molecule has 3 rings (SSSR count). The summed E-state index contributed by atoms with van der Waals surface area (Å²) in [5, 5.41) is 24.1. The summed E-state index contributed by atoms with van der Waals surface area (Å²) >= 11 is 0. The highest BCUT2D eigenvalue weighted by Crippen LogP contribution is 2.23. The average Bonchev–Trinajstić information content (AvgIpc) is 3.16. The molecule has 1 aromatic carbocycles. The molecule has 0 spiro atoms. The topological polar surface area (TPSA) is 130 Å². The number of aliphatic hydroxyl groups excluding tert-OH is 1. The molecule has 0 aliphatic rings. The quantitative estimate of drug-likeness (QED) is 0.455. The standard InChI is InChI=1S/C22H25FN4O5/c1-26-12-15(11-24-26)14-4-3-13(18(23)9-14)5-8-19(28)17(21(30)31)7-6-16-10-20(29)25-22(32)27(16)2/h3-4,9-12,17,19,28H,5-8H2,1-2H3,(H,30,31)(H,25,29,32)/t17?,19-/m1/s1. The minimum absolute atomic E-state index is 0.0235. The molecule has 3 N–H and O–H groups in total. The summed E-state index contributed by atoms with van der Waals surface area (Å²) < 4.78 is 17.4. The average molecular weight is 444 g/mol. The second kappa shape index (κ2) is 9.73. The van der Waals surface area contributed by atoms with E-state index in [2.05, 4.69) is 10.1 Å². The second-order valence-corrected chi connectivity index (χ2v) is 7.79. The summed E-state index contributed by atoms with van der Waals surface area (Å²) in [5.74, 6) is -2.76. The van der Waals surface area contributed by atoms with Crippen LogP contribution in [0.2, 0.25) is 0 Å². The fourth-order valence-corrected chi connectivity index (χ4v) is 3.63. The van der Waals surface area contributed by atoms with Crippen LogP contribution in [-0.4, -0.2) is 41.6 Å². The van der Waals surface area contributed by atoms with Crippen LogP contribution in [0, 0.1) is 11.7 Å². The molecular weight excluding hydrogens is 419 g/mol. The zero-order valence-electron chi connectivity index (χ0n) is 17.8. The first-order valence-electron chi connectivity index (χ1n) is 10.1. The molecule has 0 aliphatic heterocycles. The summed E-state index contributed by atoms with van der Waals surface area (Å²) in [7, 11) is 3.24. The number of aliphatic hydroxyl groups is 1. The lowest BCUT2D eigenvalue weighted by Crippen LogP contribution is -2.32. The number of carboxylic acid groups (broad SMARTS) is 1. The number of nitrogens with one attached hydrogen (secondary N) is 1. The summed E-state index contributed by atoms with van der Waals surface area (Å²) in [4.78, 5) is 37.0. The fourth-order valence-electron chi connectivity index (χ4n) is 3.63. The Kier molecular flexibility index (Phi) is 7.04. The van der Waals surface area contributed by atoms with E-state index >= 15 is 0 Å². The maximum atomic E-state index is 14.6. The number of nitrogens with zero attached hydrogens (tertiary/aromatic N) is 3. The molecule has 2 atom stereocenters. The minimum atomic E-state index is -1.22. The lowest BCUT2D eigenvalue weighted by Gasteiger charge is -2.20. The van der Waals surface area contributed by atoms with E-state index in [0.717, 1.165) is 5.56 Å². The molecule has 9 nitrogen and oxygen atoms in total. The van der Waals surface area contributed by atoms with E-state index in [1.54, 1.807) is 36.3 Å². The van der Waals surface area contributed by atoms with Gasteiger partial charge in [-0.2, -0.15) is 5.10 Å². The molecule has 0 aliphatic carbocycles. The first kappa shape index (κ1) is 23.1. The molecule has 170 valence electrons. The highest BCUT2D eigenvalue weighted by atomic mass is 19.1. The van der Waals surface area contributed by atoms with Crippen LogP contribution in [0.5, 0.6) is 0 Å². The number of aryl methyl sites for hydroxylation is 3. The van der Waals surface area contributed by atoms with Crippen molar-refractivity contribution in [2.45, 2.75) is 31.8 Å². The number of carbonyl (C=O) groups is 1. The smallest absolute Gasteiger partial charge is 0.328 e. The number of aliphatic carboxylic acids is 1. The number of hydrogen-bond acceptors (Lipinski definition) is 5. The maximum Gasteiger partial charge on any atom is 0.328 e. The van der Waals surface area contributed by atoms with Gasteiger partial charge in [0.2, 0.25) is 0 Å². The number of carboxylic acids is 1. The van der Waals surface area contributed by atoms with Crippen molar-refractivity contribution in [1.82, 2.24) is 19.3 Å². The van der Waals surface area contributed by atoms with E-state index in [4.69, 9.17) is 0 Å². The Balaban J connectivity index is 1.65. The molecule has 0 saturated heterocycles. The first-order chi connectivity index (χ1) is 15.2. The van der Waals surface area contributed by atoms with Gasteiger partial charge in [0.15, 0.2) is 0 Å².